The topological polar surface area (TPSA) is 30.5 Å². The van der Waals surface area contributed by atoms with Crippen LogP contribution in [0.2, 0.25) is 0 Å². The van der Waals surface area contributed by atoms with Crippen molar-refractivity contribution < 1.29 is 9.47 Å². The minimum atomic E-state index is 0.798. The van der Waals surface area contributed by atoms with Crippen LogP contribution in [0.3, 0.4) is 0 Å². The van der Waals surface area contributed by atoms with Gasteiger partial charge in [-0.25, -0.2) is 0 Å². The lowest BCUT2D eigenvalue weighted by atomic mass is 10.1. The Bertz CT molecular complexity index is 326. The molecule has 0 radical (unpaired) electrons. The van der Waals surface area contributed by atoms with Crippen molar-refractivity contribution in [3.8, 4) is 11.5 Å². The molecule has 0 aliphatic carbocycles. The van der Waals surface area contributed by atoms with Crippen LogP contribution in [0, 0.1) is 0 Å². The Labute approximate surface area is 104 Å². The van der Waals surface area contributed by atoms with E-state index in [1.807, 2.05) is 13.1 Å². The van der Waals surface area contributed by atoms with Crippen LogP contribution in [-0.2, 0) is 6.42 Å². The van der Waals surface area contributed by atoms with E-state index in [9.17, 15) is 0 Å². The summed E-state index contributed by atoms with van der Waals surface area (Å²) >= 11 is 0. The van der Waals surface area contributed by atoms with Gasteiger partial charge in [0, 0.05) is 0 Å². The van der Waals surface area contributed by atoms with Crippen LogP contribution in [0.1, 0.15) is 24.8 Å². The fourth-order valence-electron chi connectivity index (χ4n) is 1.84. The lowest BCUT2D eigenvalue weighted by molar-refractivity contribution is 0.354. The number of aryl methyl sites for hydroxylation is 1. The van der Waals surface area contributed by atoms with E-state index in [2.05, 4.69) is 17.4 Å². The van der Waals surface area contributed by atoms with E-state index in [0.29, 0.717) is 0 Å². The third-order valence-corrected chi connectivity index (χ3v) is 2.84. The zero-order valence-corrected chi connectivity index (χ0v) is 11.1. The van der Waals surface area contributed by atoms with Gasteiger partial charge in [-0.3, -0.25) is 0 Å². The van der Waals surface area contributed by atoms with Crippen molar-refractivity contribution in [3.63, 3.8) is 0 Å². The van der Waals surface area contributed by atoms with Crippen molar-refractivity contribution in [1.82, 2.24) is 5.32 Å². The average molecular weight is 237 g/mol. The van der Waals surface area contributed by atoms with Crippen LogP contribution in [0.15, 0.2) is 18.2 Å². The summed E-state index contributed by atoms with van der Waals surface area (Å²) in [4.78, 5) is 0. The molecule has 0 aliphatic rings. The number of methoxy groups -OCH3 is 2. The Morgan fingerprint density at radius 3 is 2.41 bits per heavy atom. The predicted octanol–water partition coefficient (Wildman–Crippen LogP) is 2.64. The van der Waals surface area contributed by atoms with E-state index >= 15 is 0 Å². The number of hydrogen-bond donors (Lipinski definition) is 1. The van der Waals surface area contributed by atoms with Gasteiger partial charge >= 0.3 is 0 Å². The molecule has 1 rings (SSSR count). The Morgan fingerprint density at radius 1 is 1.00 bits per heavy atom. The number of benzene rings is 1. The normalized spacial score (nSPS) is 10.3. The number of hydrogen-bond acceptors (Lipinski definition) is 3. The molecule has 0 heterocycles. The molecule has 0 spiro atoms. The second-order valence-corrected chi connectivity index (χ2v) is 4.10. The highest BCUT2D eigenvalue weighted by molar-refractivity contribution is 5.42. The first kappa shape index (κ1) is 13.8. The Morgan fingerprint density at radius 2 is 1.76 bits per heavy atom. The molecule has 0 unspecified atom stereocenters. The van der Waals surface area contributed by atoms with Crippen molar-refractivity contribution in [1.29, 1.82) is 0 Å². The monoisotopic (exact) mass is 237 g/mol. The minimum Gasteiger partial charge on any atom is -0.493 e. The summed E-state index contributed by atoms with van der Waals surface area (Å²) in [7, 11) is 5.33. The first-order valence-corrected chi connectivity index (χ1v) is 6.17. The number of nitrogens with one attached hydrogen (secondary N) is 1. The Kier molecular flexibility index (Phi) is 6.48. The lowest BCUT2D eigenvalue weighted by Gasteiger charge is -2.09. The minimum absolute atomic E-state index is 0.798. The van der Waals surface area contributed by atoms with Gasteiger partial charge in [-0.2, -0.15) is 0 Å². The van der Waals surface area contributed by atoms with Gasteiger partial charge in [0.25, 0.3) is 0 Å². The smallest absolute Gasteiger partial charge is 0.160 e. The van der Waals surface area contributed by atoms with Crippen LogP contribution < -0.4 is 14.8 Å². The predicted molar refractivity (Wildman–Crippen MR) is 71.0 cm³/mol. The van der Waals surface area contributed by atoms with Crippen LogP contribution in [0.25, 0.3) is 0 Å². The van der Waals surface area contributed by atoms with Gasteiger partial charge in [0.05, 0.1) is 14.2 Å². The zero-order valence-electron chi connectivity index (χ0n) is 11.1. The standard InChI is InChI=1S/C14H23NO2/c1-15-10-6-4-5-7-12-8-9-13(16-2)14(11-12)17-3/h8-9,11,15H,4-7,10H2,1-3H3. The maximum absolute atomic E-state index is 5.29. The van der Waals surface area contributed by atoms with Crippen LogP contribution in [-0.4, -0.2) is 27.8 Å². The van der Waals surface area contributed by atoms with Gasteiger partial charge in [-0.1, -0.05) is 12.5 Å². The third kappa shape index (κ3) is 4.65. The third-order valence-electron chi connectivity index (χ3n) is 2.84. The van der Waals surface area contributed by atoms with E-state index in [-0.39, 0.29) is 0 Å². The molecule has 1 N–H and O–H groups in total. The van der Waals surface area contributed by atoms with Gasteiger partial charge in [0.2, 0.25) is 0 Å². The fraction of sp³-hybridized carbons (Fsp3) is 0.571. The first-order chi connectivity index (χ1) is 8.31. The van der Waals surface area contributed by atoms with Gasteiger partial charge in [0.15, 0.2) is 11.5 Å². The maximum Gasteiger partial charge on any atom is 0.160 e. The molecule has 0 saturated heterocycles. The summed E-state index contributed by atoms with van der Waals surface area (Å²) in [5, 5.41) is 3.16. The molecule has 0 atom stereocenters. The van der Waals surface area contributed by atoms with E-state index in [1.54, 1.807) is 14.2 Å². The Balaban J connectivity index is 2.43. The summed E-state index contributed by atoms with van der Waals surface area (Å²) in [5.74, 6) is 1.62. The van der Waals surface area contributed by atoms with Crippen molar-refractivity contribution >= 4 is 0 Å². The first-order valence-electron chi connectivity index (χ1n) is 6.17. The molecule has 1 aromatic rings. The molecule has 96 valence electrons. The zero-order chi connectivity index (χ0) is 12.5. The summed E-state index contributed by atoms with van der Waals surface area (Å²) in [5.41, 5.74) is 1.31. The maximum atomic E-state index is 5.29. The second-order valence-electron chi connectivity index (χ2n) is 4.10. The molecule has 17 heavy (non-hydrogen) atoms. The summed E-state index contributed by atoms with van der Waals surface area (Å²) < 4.78 is 10.5. The fourth-order valence-corrected chi connectivity index (χ4v) is 1.84. The van der Waals surface area contributed by atoms with Gasteiger partial charge in [-0.05, 0) is 50.6 Å². The molecular formula is C14H23NO2. The van der Waals surface area contributed by atoms with Crippen molar-refractivity contribution in [3.05, 3.63) is 23.8 Å². The highest BCUT2D eigenvalue weighted by Gasteiger charge is 2.04. The highest BCUT2D eigenvalue weighted by Crippen LogP contribution is 2.28. The molecule has 3 heteroatoms. The summed E-state index contributed by atoms with van der Waals surface area (Å²) in [6.07, 6.45) is 4.82. The van der Waals surface area contributed by atoms with Crippen LogP contribution >= 0.6 is 0 Å². The molecule has 1 aromatic carbocycles. The molecular weight excluding hydrogens is 214 g/mol. The van der Waals surface area contributed by atoms with E-state index in [0.717, 1.165) is 24.5 Å². The average Bonchev–Trinajstić information content (AvgIpc) is 2.38. The lowest BCUT2D eigenvalue weighted by Crippen LogP contribution is -2.07. The number of unbranched alkanes of at least 4 members (excludes halogenated alkanes) is 2. The van der Waals surface area contributed by atoms with Crippen molar-refractivity contribution in [2.24, 2.45) is 0 Å². The van der Waals surface area contributed by atoms with Crippen molar-refractivity contribution in [2.45, 2.75) is 25.7 Å². The van der Waals surface area contributed by atoms with E-state index in [1.165, 1.54) is 24.8 Å². The molecule has 0 aromatic heterocycles. The molecule has 0 bridgehead atoms. The Hall–Kier alpha value is -1.22. The molecule has 0 saturated carbocycles. The number of rotatable bonds is 8. The van der Waals surface area contributed by atoms with Crippen LogP contribution in [0.4, 0.5) is 0 Å². The molecule has 0 amide bonds. The van der Waals surface area contributed by atoms with Crippen LogP contribution in [0.5, 0.6) is 11.5 Å². The summed E-state index contributed by atoms with van der Waals surface area (Å²) in [6.45, 7) is 1.10. The molecule has 0 aliphatic heterocycles. The molecule has 0 fully saturated rings. The second kappa shape index (κ2) is 7.96. The SMILES string of the molecule is CNCCCCCc1ccc(OC)c(OC)c1. The molecule has 3 nitrogen and oxygen atoms in total. The van der Waals surface area contributed by atoms with E-state index < -0.39 is 0 Å². The highest BCUT2D eigenvalue weighted by atomic mass is 16.5. The largest absolute Gasteiger partial charge is 0.493 e. The van der Waals surface area contributed by atoms with Gasteiger partial charge < -0.3 is 14.8 Å². The van der Waals surface area contributed by atoms with E-state index in [4.69, 9.17) is 9.47 Å². The van der Waals surface area contributed by atoms with Crippen molar-refractivity contribution in [2.75, 3.05) is 27.8 Å². The van der Waals surface area contributed by atoms with Gasteiger partial charge in [-0.15, -0.1) is 0 Å². The quantitative estimate of drug-likeness (QED) is 0.705. The summed E-state index contributed by atoms with van der Waals surface area (Å²) in [6, 6.07) is 6.15. The van der Waals surface area contributed by atoms with Gasteiger partial charge in [0.1, 0.15) is 0 Å². The number of ether oxygens (including phenoxy) is 2.